The molecule has 0 atom stereocenters. The maximum absolute atomic E-state index is 12.0. The van der Waals surface area contributed by atoms with Crippen molar-refractivity contribution in [2.24, 2.45) is 0 Å². The molecule has 0 radical (unpaired) electrons. The largest absolute Gasteiger partial charge is 0.497 e. The standard InChI is InChI=1S/C21H20N4O3S/c1-12-8-17-15(10-19(26)28-18(17)9-13(12)2)11-29-21-24-23-20(25(21)22)14-4-6-16(27-3)7-5-14/h4-10H,11,22H2,1-3H3. The summed E-state index contributed by atoms with van der Waals surface area (Å²) in [5.41, 5.74) is 4.15. The van der Waals surface area contributed by atoms with Crippen LogP contribution >= 0.6 is 11.8 Å². The van der Waals surface area contributed by atoms with Crippen LogP contribution in [0.15, 0.2) is 56.8 Å². The molecule has 0 amide bonds. The molecule has 0 fully saturated rings. The quantitative estimate of drug-likeness (QED) is 0.306. The number of nitrogens with two attached hydrogens (primary N) is 1. The summed E-state index contributed by atoms with van der Waals surface area (Å²) in [6.45, 7) is 4.03. The highest BCUT2D eigenvalue weighted by atomic mass is 32.2. The van der Waals surface area contributed by atoms with Crippen LogP contribution in [0.4, 0.5) is 0 Å². The van der Waals surface area contributed by atoms with Gasteiger partial charge >= 0.3 is 5.63 Å². The van der Waals surface area contributed by atoms with Gasteiger partial charge in [-0.05, 0) is 66.9 Å². The number of thioether (sulfide) groups is 1. The fraction of sp³-hybridized carbons (Fsp3) is 0.190. The molecule has 0 saturated heterocycles. The van der Waals surface area contributed by atoms with E-state index in [0.717, 1.165) is 33.4 Å². The minimum absolute atomic E-state index is 0.371. The van der Waals surface area contributed by atoms with Gasteiger partial charge in [-0.3, -0.25) is 0 Å². The second-order valence-electron chi connectivity index (χ2n) is 6.72. The lowest BCUT2D eigenvalue weighted by Crippen LogP contribution is -2.11. The van der Waals surface area contributed by atoms with Crippen LogP contribution in [0, 0.1) is 13.8 Å². The first-order chi connectivity index (χ1) is 14.0. The summed E-state index contributed by atoms with van der Waals surface area (Å²) in [6.07, 6.45) is 0. The summed E-state index contributed by atoms with van der Waals surface area (Å²) in [7, 11) is 1.62. The molecule has 0 aliphatic rings. The number of methoxy groups -OCH3 is 1. The van der Waals surface area contributed by atoms with Crippen molar-refractivity contribution in [2.45, 2.75) is 24.8 Å². The summed E-state index contributed by atoms with van der Waals surface area (Å²) in [5, 5.41) is 9.88. The number of hydrogen-bond acceptors (Lipinski definition) is 7. The summed E-state index contributed by atoms with van der Waals surface area (Å²) in [5.74, 6) is 8.04. The second kappa shape index (κ2) is 7.63. The molecule has 2 aromatic carbocycles. The lowest BCUT2D eigenvalue weighted by atomic mass is 10.0. The van der Waals surface area contributed by atoms with E-state index in [9.17, 15) is 4.79 Å². The van der Waals surface area contributed by atoms with Gasteiger partial charge in [0.2, 0.25) is 5.16 Å². The number of aryl methyl sites for hydroxylation is 2. The third-order valence-corrected chi connectivity index (χ3v) is 5.81. The Balaban J connectivity index is 1.62. The molecule has 0 spiro atoms. The van der Waals surface area contributed by atoms with E-state index in [4.69, 9.17) is 15.0 Å². The molecular formula is C21H20N4O3S. The Hall–Kier alpha value is -3.26. The number of nitrogens with zero attached hydrogens (tertiary/aromatic N) is 3. The van der Waals surface area contributed by atoms with Gasteiger partial charge in [0.25, 0.3) is 0 Å². The normalized spacial score (nSPS) is 11.1. The predicted octanol–water partition coefficient (Wildman–Crippen LogP) is 3.68. The number of ether oxygens (including phenoxy) is 1. The van der Waals surface area contributed by atoms with Gasteiger partial charge in [0, 0.05) is 22.8 Å². The van der Waals surface area contributed by atoms with E-state index >= 15 is 0 Å². The summed E-state index contributed by atoms with van der Waals surface area (Å²) >= 11 is 1.42. The minimum Gasteiger partial charge on any atom is -0.497 e. The Labute approximate surface area is 171 Å². The molecule has 0 aliphatic heterocycles. The first-order valence-corrected chi connectivity index (χ1v) is 9.96. The fourth-order valence-corrected chi connectivity index (χ4v) is 3.90. The van der Waals surface area contributed by atoms with Crippen molar-refractivity contribution in [3.63, 3.8) is 0 Å². The van der Waals surface area contributed by atoms with E-state index in [0.29, 0.717) is 22.3 Å². The smallest absolute Gasteiger partial charge is 0.336 e. The molecule has 8 heteroatoms. The van der Waals surface area contributed by atoms with Gasteiger partial charge in [0.05, 0.1) is 7.11 Å². The third kappa shape index (κ3) is 3.71. The highest BCUT2D eigenvalue weighted by molar-refractivity contribution is 7.98. The van der Waals surface area contributed by atoms with E-state index in [-0.39, 0.29) is 5.63 Å². The Bertz CT molecular complexity index is 1250. The lowest BCUT2D eigenvalue weighted by Gasteiger charge is -2.08. The molecule has 2 N–H and O–H groups in total. The Morgan fingerprint density at radius 2 is 1.83 bits per heavy atom. The molecule has 4 aromatic rings. The van der Waals surface area contributed by atoms with E-state index < -0.39 is 0 Å². The van der Waals surface area contributed by atoms with Crippen molar-refractivity contribution in [3.8, 4) is 17.1 Å². The number of fused-ring (bicyclic) bond motifs is 1. The van der Waals surface area contributed by atoms with Crippen LogP contribution in [-0.2, 0) is 5.75 Å². The molecule has 2 heterocycles. The van der Waals surface area contributed by atoms with Crippen molar-refractivity contribution in [2.75, 3.05) is 13.0 Å². The fourth-order valence-electron chi connectivity index (χ4n) is 3.06. The zero-order valence-corrected chi connectivity index (χ0v) is 17.1. The van der Waals surface area contributed by atoms with Crippen molar-refractivity contribution >= 4 is 22.7 Å². The average molecular weight is 408 g/mol. The predicted molar refractivity (Wildman–Crippen MR) is 114 cm³/mol. The van der Waals surface area contributed by atoms with Crippen molar-refractivity contribution < 1.29 is 9.15 Å². The first kappa shape index (κ1) is 19.1. The molecule has 0 unspecified atom stereocenters. The van der Waals surface area contributed by atoms with Crippen LogP contribution in [0.2, 0.25) is 0 Å². The number of aromatic nitrogens is 3. The molecule has 4 rings (SSSR count). The van der Waals surface area contributed by atoms with Crippen LogP contribution in [0.1, 0.15) is 16.7 Å². The SMILES string of the molecule is COc1ccc(-c2nnc(SCc3cc(=O)oc4cc(C)c(C)cc34)n2N)cc1. The third-order valence-electron chi connectivity index (χ3n) is 4.81. The zero-order valence-electron chi connectivity index (χ0n) is 16.3. The van der Waals surface area contributed by atoms with E-state index in [1.807, 2.05) is 50.2 Å². The topological polar surface area (TPSA) is 96.2 Å². The van der Waals surface area contributed by atoms with E-state index in [2.05, 4.69) is 10.2 Å². The zero-order chi connectivity index (χ0) is 20.5. The summed E-state index contributed by atoms with van der Waals surface area (Å²) in [4.78, 5) is 12.0. The maximum Gasteiger partial charge on any atom is 0.336 e. The van der Waals surface area contributed by atoms with Gasteiger partial charge in [-0.2, -0.15) is 0 Å². The van der Waals surface area contributed by atoms with Gasteiger partial charge < -0.3 is 15.0 Å². The van der Waals surface area contributed by atoms with E-state index in [1.54, 1.807) is 7.11 Å². The molecule has 7 nitrogen and oxygen atoms in total. The Morgan fingerprint density at radius 3 is 2.55 bits per heavy atom. The average Bonchev–Trinajstić information content (AvgIpc) is 3.08. The first-order valence-electron chi connectivity index (χ1n) is 8.98. The molecule has 29 heavy (non-hydrogen) atoms. The van der Waals surface area contributed by atoms with Crippen LogP contribution in [0.5, 0.6) is 5.75 Å². The maximum atomic E-state index is 12.0. The molecule has 148 valence electrons. The summed E-state index contributed by atoms with van der Waals surface area (Å²) in [6, 6.07) is 12.9. The molecular weight excluding hydrogens is 388 g/mol. The highest BCUT2D eigenvalue weighted by Crippen LogP contribution is 2.29. The number of hydrogen-bond donors (Lipinski definition) is 1. The Kier molecular flexibility index (Phi) is 5.02. The number of rotatable bonds is 5. The van der Waals surface area contributed by atoms with Crippen molar-refractivity contribution in [1.29, 1.82) is 0 Å². The Morgan fingerprint density at radius 1 is 1.10 bits per heavy atom. The van der Waals surface area contributed by atoms with Gasteiger partial charge in [0.15, 0.2) is 5.82 Å². The highest BCUT2D eigenvalue weighted by Gasteiger charge is 2.14. The van der Waals surface area contributed by atoms with Crippen molar-refractivity contribution in [1.82, 2.24) is 14.9 Å². The van der Waals surface area contributed by atoms with Gasteiger partial charge in [-0.25, -0.2) is 9.47 Å². The van der Waals surface area contributed by atoms with Gasteiger partial charge in [0.1, 0.15) is 11.3 Å². The number of benzene rings is 2. The van der Waals surface area contributed by atoms with Crippen LogP contribution in [-0.4, -0.2) is 22.0 Å². The monoisotopic (exact) mass is 408 g/mol. The molecule has 0 aliphatic carbocycles. The molecule has 2 aromatic heterocycles. The molecule has 0 bridgehead atoms. The summed E-state index contributed by atoms with van der Waals surface area (Å²) < 4.78 is 12.0. The van der Waals surface area contributed by atoms with Crippen molar-refractivity contribution in [3.05, 3.63) is 69.6 Å². The molecule has 0 saturated carbocycles. The second-order valence-corrected chi connectivity index (χ2v) is 7.66. The van der Waals surface area contributed by atoms with Gasteiger partial charge in [-0.1, -0.05) is 11.8 Å². The van der Waals surface area contributed by atoms with Crippen LogP contribution < -0.4 is 16.2 Å². The van der Waals surface area contributed by atoms with Crippen LogP contribution in [0.3, 0.4) is 0 Å². The van der Waals surface area contributed by atoms with Crippen LogP contribution in [0.25, 0.3) is 22.4 Å². The lowest BCUT2D eigenvalue weighted by molar-refractivity contribution is 0.415. The number of nitrogen functional groups attached to an aromatic ring is 1. The van der Waals surface area contributed by atoms with Gasteiger partial charge in [-0.15, -0.1) is 10.2 Å². The minimum atomic E-state index is -0.371. The van der Waals surface area contributed by atoms with E-state index in [1.165, 1.54) is 22.5 Å².